The van der Waals surface area contributed by atoms with E-state index in [1.165, 1.54) is 10.8 Å². The first-order valence-electron chi connectivity index (χ1n) is 5.97. The molecule has 0 saturated heterocycles. The van der Waals surface area contributed by atoms with Crippen molar-refractivity contribution in [3.8, 4) is 0 Å². The van der Waals surface area contributed by atoms with Gasteiger partial charge in [0, 0.05) is 24.4 Å². The summed E-state index contributed by atoms with van der Waals surface area (Å²) in [6.07, 6.45) is 3.58. The fourth-order valence-corrected chi connectivity index (χ4v) is 2.27. The highest BCUT2D eigenvalue weighted by atomic mass is 16.6. The van der Waals surface area contributed by atoms with Gasteiger partial charge in [-0.15, -0.1) is 0 Å². The Morgan fingerprint density at radius 2 is 2.40 bits per heavy atom. The van der Waals surface area contributed by atoms with Crippen molar-refractivity contribution in [2.75, 3.05) is 0 Å². The van der Waals surface area contributed by atoms with Crippen LogP contribution in [0.15, 0.2) is 17.4 Å². The number of hydrogen-bond acceptors (Lipinski definition) is 5. The molecule has 0 saturated carbocycles. The molecular formula is C11H12N6O3. The van der Waals surface area contributed by atoms with E-state index in [1.54, 1.807) is 7.05 Å². The molecule has 0 N–H and O–H groups in total. The van der Waals surface area contributed by atoms with Crippen LogP contribution >= 0.6 is 0 Å². The molecule has 0 amide bonds. The van der Waals surface area contributed by atoms with Crippen molar-refractivity contribution in [3.05, 3.63) is 38.5 Å². The number of nitrogens with zero attached hydrogens (tertiary/aromatic N) is 6. The zero-order chi connectivity index (χ0) is 14.7. The largest absolute Gasteiger partial charge is 0.314 e. The topological polar surface area (TPSA) is 127 Å². The minimum atomic E-state index is -0.524. The third kappa shape index (κ3) is 2.67. The number of ketones is 1. The molecule has 1 heterocycles. The average molecular weight is 276 g/mol. The lowest BCUT2D eigenvalue weighted by molar-refractivity contribution is -0.385. The Labute approximate surface area is 113 Å². The summed E-state index contributed by atoms with van der Waals surface area (Å²) >= 11 is 0. The lowest BCUT2D eigenvalue weighted by Crippen LogP contribution is -2.06. The van der Waals surface area contributed by atoms with Crippen LogP contribution in [0.4, 0.5) is 5.69 Å². The minimum Gasteiger partial charge on any atom is -0.295 e. The molecule has 1 aliphatic rings. The van der Waals surface area contributed by atoms with Gasteiger partial charge in [0.05, 0.1) is 4.92 Å². The molecular weight excluding hydrogens is 264 g/mol. The summed E-state index contributed by atoms with van der Waals surface area (Å²) in [6.45, 7) is 0. The molecule has 1 unspecified atom stereocenters. The number of allylic oxidation sites excluding steroid dienone is 2. The first-order chi connectivity index (χ1) is 9.52. The summed E-state index contributed by atoms with van der Waals surface area (Å²) in [5, 5.41) is 18.4. The van der Waals surface area contributed by atoms with Gasteiger partial charge in [0.2, 0.25) is 0 Å². The average Bonchev–Trinajstić information content (AvgIpc) is 2.67. The number of carbonyl (C=O) groups excluding carboxylic acids is 1. The Morgan fingerprint density at radius 3 is 3.05 bits per heavy atom. The molecule has 0 radical (unpaired) electrons. The zero-order valence-electron chi connectivity index (χ0n) is 10.8. The van der Waals surface area contributed by atoms with Crippen LogP contribution in [0.25, 0.3) is 16.0 Å². The highest BCUT2D eigenvalue weighted by Gasteiger charge is 2.26. The van der Waals surface area contributed by atoms with E-state index in [1.807, 2.05) is 0 Å². The van der Waals surface area contributed by atoms with E-state index >= 15 is 0 Å². The minimum absolute atomic E-state index is 0.124. The predicted molar refractivity (Wildman–Crippen MR) is 69.6 cm³/mol. The van der Waals surface area contributed by atoms with Crippen LogP contribution in [0.3, 0.4) is 0 Å². The number of rotatable bonds is 3. The van der Waals surface area contributed by atoms with Gasteiger partial charge in [-0.3, -0.25) is 19.6 Å². The molecule has 0 bridgehead atoms. The normalized spacial score (nSPS) is 18.9. The number of carbonyl (C=O) groups is 1. The molecule has 0 spiro atoms. The number of aryl methyl sites for hydroxylation is 1. The van der Waals surface area contributed by atoms with Crippen LogP contribution in [0.2, 0.25) is 0 Å². The highest BCUT2D eigenvalue weighted by Crippen LogP contribution is 2.31. The molecule has 0 aromatic carbocycles. The quantitative estimate of drug-likeness (QED) is 0.275. The molecule has 0 aliphatic heterocycles. The molecule has 1 aliphatic carbocycles. The van der Waals surface area contributed by atoms with E-state index < -0.39 is 11.0 Å². The predicted octanol–water partition coefficient (Wildman–Crippen LogP) is 2.14. The van der Waals surface area contributed by atoms with Crippen LogP contribution in [-0.2, 0) is 11.8 Å². The second-order valence-corrected chi connectivity index (χ2v) is 4.50. The van der Waals surface area contributed by atoms with Gasteiger partial charge in [-0.2, -0.15) is 5.10 Å². The summed E-state index contributed by atoms with van der Waals surface area (Å²) in [4.78, 5) is 25.0. The van der Waals surface area contributed by atoms with E-state index in [4.69, 9.17) is 5.53 Å². The van der Waals surface area contributed by atoms with Crippen LogP contribution in [0.5, 0.6) is 0 Å². The van der Waals surface area contributed by atoms with Gasteiger partial charge < -0.3 is 0 Å². The van der Waals surface area contributed by atoms with Crippen LogP contribution in [0, 0.1) is 10.1 Å². The standard InChI is InChI=1S/C11H12N6O3/c1-16-11(10(6-13-16)17(19)20)7-2-3-8(14-15-12)5-9(18)4-7/h4,6,8H,2-3,5H2,1H3. The van der Waals surface area contributed by atoms with Crippen LogP contribution in [-0.4, -0.2) is 26.5 Å². The fraction of sp³-hybridized carbons (Fsp3) is 0.455. The second-order valence-electron chi connectivity index (χ2n) is 4.50. The number of azide groups is 1. The molecule has 0 fully saturated rings. The van der Waals surface area contributed by atoms with Crippen molar-refractivity contribution in [1.29, 1.82) is 0 Å². The third-order valence-corrected chi connectivity index (χ3v) is 3.15. The summed E-state index contributed by atoms with van der Waals surface area (Å²) < 4.78 is 1.38. The van der Waals surface area contributed by atoms with Gasteiger partial charge in [-0.25, -0.2) is 0 Å². The Hall–Kier alpha value is -2.67. The SMILES string of the molecule is Cn1ncc([N+](=O)[O-])c1C1=CC(=O)CC(N=[N+]=[N-])CC1. The molecule has 9 heteroatoms. The van der Waals surface area contributed by atoms with Crippen molar-refractivity contribution in [3.63, 3.8) is 0 Å². The van der Waals surface area contributed by atoms with Crippen molar-refractivity contribution in [2.24, 2.45) is 12.2 Å². The molecule has 104 valence electrons. The van der Waals surface area contributed by atoms with Crippen molar-refractivity contribution < 1.29 is 9.72 Å². The maximum absolute atomic E-state index is 11.8. The van der Waals surface area contributed by atoms with Crippen LogP contribution in [0.1, 0.15) is 25.0 Å². The Bertz CT molecular complexity index is 641. The van der Waals surface area contributed by atoms with Gasteiger partial charge in [-0.1, -0.05) is 5.11 Å². The number of nitro groups is 1. The monoisotopic (exact) mass is 276 g/mol. The summed E-state index contributed by atoms with van der Waals surface area (Å²) in [5.41, 5.74) is 9.18. The summed E-state index contributed by atoms with van der Waals surface area (Å²) in [6, 6.07) is -0.409. The Balaban J connectivity index is 2.38. The summed E-state index contributed by atoms with van der Waals surface area (Å²) in [7, 11) is 1.59. The van der Waals surface area contributed by atoms with E-state index in [2.05, 4.69) is 15.1 Å². The van der Waals surface area contributed by atoms with E-state index in [-0.39, 0.29) is 17.9 Å². The molecule has 1 atom stereocenters. The molecule has 1 aromatic rings. The van der Waals surface area contributed by atoms with Crippen molar-refractivity contribution in [1.82, 2.24) is 9.78 Å². The first kappa shape index (κ1) is 13.8. The maximum Gasteiger partial charge on any atom is 0.314 e. The van der Waals surface area contributed by atoms with Crippen molar-refractivity contribution in [2.45, 2.75) is 25.3 Å². The maximum atomic E-state index is 11.8. The van der Waals surface area contributed by atoms with Gasteiger partial charge in [-0.05, 0) is 30.0 Å². The lowest BCUT2D eigenvalue weighted by Gasteiger charge is -2.07. The van der Waals surface area contributed by atoms with Gasteiger partial charge in [0.15, 0.2) is 5.78 Å². The zero-order valence-corrected chi connectivity index (χ0v) is 10.8. The number of aromatic nitrogens is 2. The number of hydrogen-bond donors (Lipinski definition) is 0. The van der Waals surface area contributed by atoms with Gasteiger partial charge >= 0.3 is 5.69 Å². The lowest BCUT2D eigenvalue weighted by atomic mass is 10.0. The molecule has 20 heavy (non-hydrogen) atoms. The van der Waals surface area contributed by atoms with Gasteiger partial charge in [0.25, 0.3) is 0 Å². The molecule has 9 nitrogen and oxygen atoms in total. The first-order valence-corrected chi connectivity index (χ1v) is 5.97. The second kappa shape index (κ2) is 5.54. The molecule has 1 aromatic heterocycles. The summed E-state index contributed by atoms with van der Waals surface area (Å²) in [5.74, 6) is -0.203. The van der Waals surface area contributed by atoms with E-state index in [9.17, 15) is 14.9 Å². The van der Waals surface area contributed by atoms with Crippen LogP contribution < -0.4 is 0 Å². The fourth-order valence-electron chi connectivity index (χ4n) is 2.27. The Kier molecular flexibility index (Phi) is 3.81. The third-order valence-electron chi connectivity index (χ3n) is 3.15. The van der Waals surface area contributed by atoms with E-state index in [0.717, 1.165) is 6.20 Å². The molecule has 2 rings (SSSR count). The highest BCUT2D eigenvalue weighted by molar-refractivity contribution is 5.98. The van der Waals surface area contributed by atoms with E-state index in [0.29, 0.717) is 24.1 Å². The van der Waals surface area contributed by atoms with Gasteiger partial charge in [0.1, 0.15) is 11.9 Å². The van der Waals surface area contributed by atoms with Crippen molar-refractivity contribution >= 4 is 17.0 Å². The smallest absolute Gasteiger partial charge is 0.295 e. The Morgan fingerprint density at radius 1 is 1.65 bits per heavy atom.